The van der Waals surface area contributed by atoms with Crippen LogP contribution in [0.25, 0.3) is 66.4 Å². The molecule has 0 amide bonds. The Bertz CT molecular complexity index is 2840. The van der Waals surface area contributed by atoms with Gasteiger partial charge in [0.25, 0.3) is 0 Å². The van der Waals surface area contributed by atoms with Crippen LogP contribution < -0.4 is 4.90 Å². The van der Waals surface area contributed by atoms with Crippen molar-refractivity contribution < 1.29 is 5.48 Å². The molecular formula is C52H37N. The zero-order valence-electron chi connectivity index (χ0n) is 33.0. The van der Waals surface area contributed by atoms with Crippen LogP contribution in [-0.4, -0.2) is 0 Å². The summed E-state index contributed by atoms with van der Waals surface area (Å²) in [6, 6.07) is 67.0. The SMILES string of the molecule is [2H]c1c([2H])c(N(c2ccc(-c3cccc(-c4ccc5ccccc5c4)c3)cc2)c2ccccc2-c2ccc(-c3ccccc3)cc2)c([2H])c([2H])c1-c1ccccc1. The first-order valence-electron chi connectivity index (χ1n) is 19.8. The molecular weight excluding hydrogens is 639 g/mol. The Morgan fingerprint density at radius 2 is 0.755 bits per heavy atom. The summed E-state index contributed by atoms with van der Waals surface area (Å²) in [6.45, 7) is 0. The number of rotatable bonds is 8. The first kappa shape index (κ1) is 27.7. The normalized spacial score (nSPS) is 12.1. The van der Waals surface area contributed by atoms with Gasteiger partial charge in [0.1, 0.15) is 0 Å². The van der Waals surface area contributed by atoms with E-state index in [4.69, 9.17) is 0 Å². The van der Waals surface area contributed by atoms with Crippen molar-refractivity contribution in [2.45, 2.75) is 0 Å². The molecule has 0 aromatic heterocycles. The molecule has 0 spiro atoms. The minimum Gasteiger partial charge on any atom is -0.310 e. The fourth-order valence-electron chi connectivity index (χ4n) is 6.99. The van der Waals surface area contributed by atoms with Crippen molar-refractivity contribution in [3.05, 3.63) is 224 Å². The highest BCUT2D eigenvalue weighted by Gasteiger charge is 2.18. The number of nitrogens with zero attached hydrogens (tertiary/aromatic N) is 1. The van der Waals surface area contributed by atoms with Crippen molar-refractivity contribution in [3.63, 3.8) is 0 Å². The van der Waals surface area contributed by atoms with Crippen LogP contribution in [0.15, 0.2) is 224 Å². The molecule has 0 aliphatic rings. The van der Waals surface area contributed by atoms with Gasteiger partial charge < -0.3 is 4.90 Å². The summed E-state index contributed by atoms with van der Waals surface area (Å²) in [5, 5.41) is 2.41. The first-order valence-corrected chi connectivity index (χ1v) is 17.8. The van der Waals surface area contributed by atoms with Gasteiger partial charge in [0.05, 0.1) is 11.2 Å². The Hall–Kier alpha value is -6.96. The zero-order valence-corrected chi connectivity index (χ0v) is 29.0. The lowest BCUT2D eigenvalue weighted by atomic mass is 9.96. The van der Waals surface area contributed by atoms with Crippen LogP contribution in [0.4, 0.5) is 17.1 Å². The predicted molar refractivity (Wildman–Crippen MR) is 226 cm³/mol. The van der Waals surface area contributed by atoms with Crippen LogP contribution >= 0.6 is 0 Å². The molecule has 0 unspecified atom stereocenters. The number of para-hydroxylation sites is 1. The van der Waals surface area contributed by atoms with E-state index in [0.717, 1.165) is 50.2 Å². The van der Waals surface area contributed by atoms with Gasteiger partial charge in [0, 0.05) is 16.9 Å². The molecule has 9 rings (SSSR count). The van der Waals surface area contributed by atoms with E-state index < -0.39 is 0 Å². The quantitative estimate of drug-likeness (QED) is 0.154. The van der Waals surface area contributed by atoms with E-state index in [-0.39, 0.29) is 35.4 Å². The highest BCUT2D eigenvalue weighted by Crippen LogP contribution is 2.42. The molecule has 0 bridgehead atoms. The van der Waals surface area contributed by atoms with E-state index in [2.05, 4.69) is 115 Å². The summed E-state index contributed by atoms with van der Waals surface area (Å²) >= 11 is 0. The molecule has 1 nitrogen and oxygen atoms in total. The number of benzene rings is 9. The number of hydrogen-bond donors (Lipinski definition) is 0. The largest absolute Gasteiger partial charge is 0.310 e. The van der Waals surface area contributed by atoms with Crippen LogP contribution in [0, 0.1) is 0 Å². The lowest BCUT2D eigenvalue weighted by Gasteiger charge is -2.28. The monoisotopic (exact) mass is 679 g/mol. The molecule has 1 heteroatoms. The fourth-order valence-corrected chi connectivity index (χ4v) is 6.99. The van der Waals surface area contributed by atoms with Crippen molar-refractivity contribution >= 4 is 27.8 Å². The first-order chi connectivity index (χ1) is 27.9. The van der Waals surface area contributed by atoms with E-state index in [1.54, 1.807) is 0 Å². The number of hydrogen-bond acceptors (Lipinski definition) is 1. The molecule has 0 aliphatic carbocycles. The summed E-state index contributed by atoms with van der Waals surface area (Å²) in [4.78, 5) is 1.88. The second kappa shape index (κ2) is 14.3. The summed E-state index contributed by atoms with van der Waals surface area (Å²) in [7, 11) is 0. The lowest BCUT2D eigenvalue weighted by molar-refractivity contribution is 1.28. The van der Waals surface area contributed by atoms with Gasteiger partial charge in [-0.15, -0.1) is 0 Å². The summed E-state index contributed by atoms with van der Waals surface area (Å²) in [5.41, 5.74) is 11.0. The van der Waals surface area contributed by atoms with E-state index in [1.807, 2.05) is 89.8 Å². The van der Waals surface area contributed by atoms with E-state index in [1.165, 1.54) is 10.8 Å². The topological polar surface area (TPSA) is 3.24 Å². The minimum atomic E-state index is -0.115. The minimum absolute atomic E-state index is 0.0889. The summed E-state index contributed by atoms with van der Waals surface area (Å²) in [6.07, 6.45) is 0. The smallest absolute Gasteiger partial charge is 0.0645 e. The molecule has 0 fully saturated rings. The van der Waals surface area contributed by atoms with Crippen molar-refractivity contribution in [1.82, 2.24) is 0 Å². The Balaban J connectivity index is 1.17. The van der Waals surface area contributed by atoms with Crippen LogP contribution in [0.2, 0.25) is 0 Å². The maximum atomic E-state index is 9.45. The van der Waals surface area contributed by atoms with Gasteiger partial charge in [-0.25, -0.2) is 0 Å². The third-order valence-corrected chi connectivity index (χ3v) is 9.75. The van der Waals surface area contributed by atoms with Crippen molar-refractivity contribution in [2.24, 2.45) is 0 Å². The van der Waals surface area contributed by atoms with Gasteiger partial charge in [-0.2, -0.15) is 0 Å². The Morgan fingerprint density at radius 3 is 1.47 bits per heavy atom. The predicted octanol–water partition coefficient (Wildman–Crippen LogP) is 14.6. The average molecular weight is 680 g/mol. The molecule has 250 valence electrons. The van der Waals surface area contributed by atoms with Crippen LogP contribution in [0.5, 0.6) is 0 Å². The highest BCUT2D eigenvalue weighted by atomic mass is 15.1. The van der Waals surface area contributed by atoms with Crippen molar-refractivity contribution in [3.8, 4) is 55.6 Å². The average Bonchev–Trinajstić information content (AvgIpc) is 3.28. The van der Waals surface area contributed by atoms with Gasteiger partial charge in [0.2, 0.25) is 0 Å². The maximum absolute atomic E-state index is 9.45. The summed E-state index contributed by atoms with van der Waals surface area (Å²) < 4.78 is 37.3. The maximum Gasteiger partial charge on any atom is 0.0645 e. The van der Waals surface area contributed by atoms with Crippen LogP contribution in [0.1, 0.15) is 5.48 Å². The molecule has 0 atom stereocenters. The van der Waals surface area contributed by atoms with E-state index >= 15 is 0 Å². The van der Waals surface area contributed by atoms with Crippen molar-refractivity contribution in [2.75, 3.05) is 4.90 Å². The van der Waals surface area contributed by atoms with Gasteiger partial charge in [0.15, 0.2) is 0 Å². The third kappa shape index (κ3) is 6.65. The Morgan fingerprint density at radius 1 is 0.283 bits per heavy atom. The second-order valence-electron chi connectivity index (χ2n) is 13.1. The van der Waals surface area contributed by atoms with Crippen LogP contribution in [-0.2, 0) is 0 Å². The molecule has 0 saturated heterocycles. The molecule has 9 aromatic rings. The Kier molecular flexibility index (Phi) is 7.50. The lowest BCUT2D eigenvalue weighted by Crippen LogP contribution is -2.11. The van der Waals surface area contributed by atoms with Crippen molar-refractivity contribution in [1.29, 1.82) is 0 Å². The van der Waals surface area contributed by atoms with Gasteiger partial charge in [-0.3, -0.25) is 0 Å². The Labute approximate surface area is 317 Å². The highest BCUT2D eigenvalue weighted by molar-refractivity contribution is 5.90. The molecule has 9 aromatic carbocycles. The number of fused-ring (bicyclic) bond motifs is 1. The standard InChI is InChI=1S/C52H37N/c1-3-12-38(13-4-1)41-22-25-44(26-23-41)51-20-9-10-21-52(51)53(49-32-28-42(29-33-49)39-14-5-2-6-15-39)50-34-30-43(31-35-50)46-18-11-19-47(36-46)48-27-24-40-16-7-8-17-45(40)37-48/h1-37H/i28D,29D,32D,33D. The van der Waals surface area contributed by atoms with Crippen LogP contribution in [0.3, 0.4) is 0 Å². The molecule has 0 radical (unpaired) electrons. The molecule has 0 aliphatic heterocycles. The number of anilines is 3. The third-order valence-electron chi connectivity index (χ3n) is 9.75. The molecule has 53 heavy (non-hydrogen) atoms. The van der Waals surface area contributed by atoms with E-state index in [9.17, 15) is 5.48 Å². The van der Waals surface area contributed by atoms with Gasteiger partial charge in [-0.05, 0) is 103 Å². The van der Waals surface area contributed by atoms with E-state index in [0.29, 0.717) is 11.3 Å². The molecule has 0 N–H and O–H groups in total. The summed E-state index contributed by atoms with van der Waals surface area (Å²) in [5.74, 6) is 0. The second-order valence-corrected chi connectivity index (χ2v) is 13.1. The van der Waals surface area contributed by atoms with Gasteiger partial charge in [-0.1, -0.05) is 182 Å². The molecule has 0 heterocycles. The zero-order chi connectivity index (χ0) is 38.9. The fraction of sp³-hybridized carbons (Fsp3) is 0. The van der Waals surface area contributed by atoms with Gasteiger partial charge >= 0.3 is 0 Å². The molecule has 0 saturated carbocycles.